The van der Waals surface area contributed by atoms with Gasteiger partial charge in [-0.25, -0.2) is 0 Å². The fourth-order valence-electron chi connectivity index (χ4n) is 9.12. The van der Waals surface area contributed by atoms with Crippen molar-refractivity contribution in [1.29, 1.82) is 0 Å². The summed E-state index contributed by atoms with van der Waals surface area (Å²) in [5, 5.41) is 0. The summed E-state index contributed by atoms with van der Waals surface area (Å²) in [6, 6.07) is 0. The summed E-state index contributed by atoms with van der Waals surface area (Å²) >= 11 is 0. The van der Waals surface area contributed by atoms with Gasteiger partial charge in [0.2, 0.25) is 0 Å². The van der Waals surface area contributed by atoms with Gasteiger partial charge in [0.25, 0.3) is 0 Å². The molecule has 0 aromatic heterocycles. The van der Waals surface area contributed by atoms with E-state index in [1.165, 1.54) is 18.4 Å². The van der Waals surface area contributed by atoms with Gasteiger partial charge in [0.1, 0.15) is 11.2 Å². The van der Waals surface area contributed by atoms with E-state index in [9.17, 15) is 9.59 Å². The molecule has 5 aliphatic carbocycles. The number of ether oxygens (including phenoxy) is 2. The third-order valence-corrected chi connectivity index (χ3v) is 10.4. The molecular weight excluding hydrogens is 340 g/mol. The lowest BCUT2D eigenvalue weighted by Gasteiger charge is -2.56. The molecule has 0 radical (unpaired) electrons. The lowest BCUT2D eigenvalue weighted by Crippen LogP contribution is -2.60. The summed E-state index contributed by atoms with van der Waals surface area (Å²) in [7, 11) is 0. The second-order valence-electron chi connectivity index (χ2n) is 11.1. The maximum absolute atomic E-state index is 12.2. The van der Waals surface area contributed by atoms with E-state index in [0.29, 0.717) is 42.3 Å². The van der Waals surface area contributed by atoms with Gasteiger partial charge >= 0.3 is 5.97 Å². The fraction of sp³-hybridized carbons (Fsp3) is 0.826. The number of ketones is 1. The average molecular weight is 368 g/mol. The molecule has 0 aromatic carbocycles. The Hall–Kier alpha value is -1.16. The van der Waals surface area contributed by atoms with Crippen LogP contribution in [0, 0.1) is 34.5 Å². The Kier molecular flexibility index (Phi) is 2.46. The van der Waals surface area contributed by atoms with Gasteiger partial charge in [0.05, 0.1) is 6.10 Å². The number of hydrogen-bond donors (Lipinski definition) is 0. The molecule has 7 aliphatic rings. The minimum Gasteiger partial charge on any atom is -0.458 e. The molecule has 4 heteroatoms. The summed E-state index contributed by atoms with van der Waals surface area (Å²) in [6.07, 6.45) is 9.85. The molecule has 2 aliphatic heterocycles. The molecule has 7 rings (SSSR count). The molecule has 0 amide bonds. The van der Waals surface area contributed by atoms with Crippen LogP contribution in [0.1, 0.15) is 65.2 Å². The molecule has 27 heavy (non-hydrogen) atoms. The monoisotopic (exact) mass is 368 g/mol. The SMILES string of the molecule is C[C@]12CCC(=O)C=C1[C@@H]1C[C@@H]1[C@H]1[C@@H]3CC[C@@]4(CCC(=O)O4)[C@@]3(C)CC3OC312. The van der Waals surface area contributed by atoms with Gasteiger partial charge in [0, 0.05) is 23.7 Å². The summed E-state index contributed by atoms with van der Waals surface area (Å²) in [5.74, 6) is 2.77. The van der Waals surface area contributed by atoms with Crippen molar-refractivity contribution >= 4 is 11.8 Å². The van der Waals surface area contributed by atoms with Gasteiger partial charge in [-0.3, -0.25) is 9.59 Å². The Labute approximate surface area is 160 Å². The number of carbonyl (C=O) groups is 2. The van der Waals surface area contributed by atoms with Crippen LogP contribution < -0.4 is 0 Å². The normalized spacial score (nSPS) is 62.0. The summed E-state index contributed by atoms with van der Waals surface area (Å²) in [4.78, 5) is 24.2. The van der Waals surface area contributed by atoms with Crippen molar-refractivity contribution in [2.75, 3.05) is 0 Å². The molecule has 0 N–H and O–H groups in total. The quantitative estimate of drug-likeness (QED) is 0.484. The van der Waals surface area contributed by atoms with Crippen LogP contribution in [0.5, 0.6) is 0 Å². The predicted molar refractivity (Wildman–Crippen MR) is 96.6 cm³/mol. The highest BCUT2D eigenvalue weighted by Crippen LogP contribution is 2.82. The standard InChI is InChI=1S/C23H28O4/c1-20-6-3-12(24)9-16(20)13-10-14(13)19-15-4-7-22(8-5-18(25)27-22)21(15,2)11-17-23(19,20)26-17/h9,13-15,17,19H,3-8,10-11H2,1-2H3/t13-,14+,15+,17?,19+,20+,21+,22-,23?/m1/s1. The van der Waals surface area contributed by atoms with Crippen LogP contribution in [0.3, 0.4) is 0 Å². The van der Waals surface area contributed by atoms with Crippen molar-refractivity contribution in [3.05, 3.63) is 11.6 Å². The predicted octanol–water partition coefficient (Wildman–Crippen LogP) is 3.58. The molecule has 4 nitrogen and oxygen atoms in total. The van der Waals surface area contributed by atoms with Crippen molar-refractivity contribution in [2.45, 2.75) is 82.5 Å². The van der Waals surface area contributed by atoms with Crippen LogP contribution in [0.2, 0.25) is 0 Å². The number of fused-ring (bicyclic) bond motifs is 7. The third kappa shape index (κ3) is 1.47. The van der Waals surface area contributed by atoms with Gasteiger partial charge in [-0.2, -0.15) is 0 Å². The van der Waals surface area contributed by atoms with Crippen LogP contribution in [0.15, 0.2) is 11.6 Å². The molecule has 2 heterocycles. The first kappa shape index (κ1) is 15.7. The lowest BCUT2D eigenvalue weighted by molar-refractivity contribution is -0.164. The third-order valence-electron chi connectivity index (χ3n) is 10.4. The second kappa shape index (κ2) is 4.22. The highest BCUT2D eigenvalue weighted by Gasteiger charge is 2.85. The molecule has 0 aromatic rings. The summed E-state index contributed by atoms with van der Waals surface area (Å²) in [6.45, 7) is 4.81. The number of epoxide rings is 1. The van der Waals surface area contributed by atoms with E-state index in [4.69, 9.17) is 9.47 Å². The Morgan fingerprint density at radius 2 is 1.96 bits per heavy atom. The highest BCUT2D eigenvalue weighted by atomic mass is 16.6. The Balaban J connectivity index is 1.36. The zero-order chi connectivity index (χ0) is 18.4. The summed E-state index contributed by atoms with van der Waals surface area (Å²) < 4.78 is 12.8. The van der Waals surface area contributed by atoms with Gasteiger partial charge < -0.3 is 9.47 Å². The Morgan fingerprint density at radius 3 is 2.74 bits per heavy atom. The second-order valence-corrected chi connectivity index (χ2v) is 11.1. The fourth-order valence-corrected chi connectivity index (χ4v) is 9.12. The average Bonchev–Trinajstić information content (AvgIpc) is 3.49. The maximum Gasteiger partial charge on any atom is 0.306 e. The van der Waals surface area contributed by atoms with Crippen LogP contribution in [0.4, 0.5) is 0 Å². The molecule has 0 bridgehead atoms. The first-order valence-electron chi connectivity index (χ1n) is 11.0. The maximum atomic E-state index is 12.2. The van der Waals surface area contributed by atoms with Crippen LogP contribution in [-0.4, -0.2) is 29.1 Å². The molecule has 2 spiro atoms. The van der Waals surface area contributed by atoms with Crippen molar-refractivity contribution < 1.29 is 19.1 Å². The zero-order valence-corrected chi connectivity index (χ0v) is 16.3. The molecule has 9 atom stereocenters. The largest absolute Gasteiger partial charge is 0.458 e. The molecular formula is C23H28O4. The number of hydrogen-bond acceptors (Lipinski definition) is 4. The van der Waals surface area contributed by atoms with E-state index in [-0.39, 0.29) is 34.1 Å². The lowest BCUT2D eigenvalue weighted by atomic mass is 9.46. The van der Waals surface area contributed by atoms with Gasteiger partial charge in [-0.1, -0.05) is 19.4 Å². The number of rotatable bonds is 0. The van der Waals surface area contributed by atoms with Gasteiger partial charge in [-0.05, 0) is 68.3 Å². The smallest absolute Gasteiger partial charge is 0.306 e. The molecule has 2 saturated heterocycles. The minimum atomic E-state index is -0.239. The first-order chi connectivity index (χ1) is 12.8. The van der Waals surface area contributed by atoms with Crippen LogP contribution in [0.25, 0.3) is 0 Å². The number of carbonyl (C=O) groups excluding carboxylic acids is 2. The van der Waals surface area contributed by atoms with E-state index in [1.807, 2.05) is 6.08 Å². The number of esters is 1. The molecule has 2 unspecified atom stereocenters. The van der Waals surface area contributed by atoms with Crippen molar-refractivity contribution in [2.24, 2.45) is 34.5 Å². The van der Waals surface area contributed by atoms with Crippen LogP contribution in [-0.2, 0) is 19.1 Å². The van der Waals surface area contributed by atoms with Gasteiger partial charge in [0.15, 0.2) is 5.78 Å². The van der Waals surface area contributed by atoms with E-state index < -0.39 is 0 Å². The van der Waals surface area contributed by atoms with E-state index in [1.54, 1.807) is 0 Å². The Morgan fingerprint density at radius 1 is 1.11 bits per heavy atom. The van der Waals surface area contributed by atoms with Crippen LogP contribution >= 0.6 is 0 Å². The van der Waals surface area contributed by atoms with E-state index in [0.717, 1.165) is 25.7 Å². The highest BCUT2D eigenvalue weighted by molar-refractivity contribution is 5.92. The molecule has 4 saturated carbocycles. The molecule has 144 valence electrons. The zero-order valence-electron chi connectivity index (χ0n) is 16.3. The van der Waals surface area contributed by atoms with E-state index >= 15 is 0 Å². The van der Waals surface area contributed by atoms with Crippen molar-refractivity contribution in [1.82, 2.24) is 0 Å². The summed E-state index contributed by atoms with van der Waals surface area (Å²) in [5.41, 5.74) is 1.24. The van der Waals surface area contributed by atoms with E-state index in [2.05, 4.69) is 13.8 Å². The minimum absolute atomic E-state index is 0.00124. The van der Waals surface area contributed by atoms with Crippen molar-refractivity contribution in [3.63, 3.8) is 0 Å². The topological polar surface area (TPSA) is 55.9 Å². The molecule has 6 fully saturated rings. The Bertz CT molecular complexity index is 845. The van der Waals surface area contributed by atoms with Gasteiger partial charge in [-0.15, -0.1) is 0 Å². The first-order valence-corrected chi connectivity index (χ1v) is 11.0. The van der Waals surface area contributed by atoms with Crippen molar-refractivity contribution in [3.8, 4) is 0 Å².